The van der Waals surface area contributed by atoms with Gasteiger partial charge < -0.3 is 9.64 Å². The average Bonchev–Trinajstić information content (AvgIpc) is 2.33. The minimum atomic E-state index is -0.478. The van der Waals surface area contributed by atoms with Gasteiger partial charge >= 0.3 is 0 Å². The van der Waals surface area contributed by atoms with Crippen LogP contribution in [0.2, 0.25) is 0 Å². The predicted octanol–water partition coefficient (Wildman–Crippen LogP) is 0.762. The highest BCUT2D eigenvalue weighted by Gasteiger charge is 2.18. The zero-order valence-electron chi connectivity index (χ0n) is 10.3. The Kier molecular flexibility index (Phi) is 5.05. The van der Waals surface area contributed by atoms with E-state index in [-0.39, 0.29) is 17.8 Å². The second-order valence-corrected chi connectivity index (χ2v) is 3.60. The molecule has 1 aromatic rings. The number of likely N-dealkylation sites (N-methyl/N-ethyl adjacent to an activating group) is 1. The van der Waals surface area contributed by atoms with Crippen molar-refractivity contribution in [3.8, 4) is 0 Å². The number of nitrogens with one attached hydrogen (secondary N) is 1. The quantitative estimate of drug-likeness (QED) is 0.567. The van der Waals surface area contributed by atoms with Gasteiger partial charge in [-0.2, -0.15) is 4.98 Å². The van der Waals surface area contributed by atoms with Crippen LogP contribution in [0.1, 0.15) is 13.8 Å². The molecule has 6 nitrogen and oxygen atoms in total. The summed E-state index contributed by atoms with van der Waals surface area (Å²) in [6.45, 7) is 4.96. The molecule has 1 unspecified atom stereocenters. The summed E-state index contributed by atoms with van der Waals surface area (Å²) in [5, 5.41) is 0. The van der Waals surface area contributed by atoms with Crippen LogP contribution in [0.25, 0.3) is 0 Å². The average molecular weight is 243 g/mol. The molecule has 17 heavy (non-hydrogen) atoms. The van der Waals surface area contributed by atoms with Crippen LogP contribution in [0.15, 0.2) is 6.20 Å². The van der Waals surface area contributed by atoms with Crippen molar-refractivity contribution in [2.24, 2.45) is 5.84 Å². The number of hydrazine groups is 1. The van der Waals surface area contributed by atoms with E-state index in [1.54, 1.807) is 12.0 Å². The molecule has 0 bridgehead atoms. The number of rotatable bonds is 6. The van der Waals surface area contributed by atoms with Crippen molar-refractivity contribution in [1.82, 2.24) is 9.97 Å². The Morgan fingerprint density at radius 2 is 2.35 bits per heavy atom. The third-order valence-electron chi connectivity index (χ3n) is 2.41. The van der Waals surface area contributed by atoms with E-state index in [1.165, 1.54) is 0 Å². The van der Waals surface area contributed by atoms with Crippen LogP contribution in [-0.2, 0) is 4.74 Å². The topological polar surface area (TPSA) is 76.3 Å². The highest BCUT2D eigenvalue weighted by Crippen LogP contribution is 2.19. The second kappa shape index (κ2) is 6.31. The van der Waals surface area contributed by atoms with E-state index in [9.17, 15) is 4.39 Å². The van der Waals surface area contributed by atoms with Gasteiger partial charge in [0, 0.05) is 13.7 Å². The number of nitrogens with zero attached hydrogens (tertiary/aromatic N) is 3. The Balaban J connectivity index is 3.01. The van der Waals surface area contributed by atoms with Crippen molar-refractivity contribution in [3.05, 3.63) is 12.0 Å². The Labute approximate surface area is 100.0 Å². The zero-order chi connectivity index (χ0) is 12.8. The molecular weight excluding hydrogens is 225 g/mol. The van der Waals surface area contributed by atoms with E-state index in [0.717, 1.165) is 6.20 Å². The van der Waals surface area contributed by atoms with Crippen molar-refractivity contribution in [3.63, 3.8) is 0 Å². The number of ether oxygens (including phenoxy) is 1. The lowest BCUT2D eigenvalue weighted by Gasteiger charge is -2.28. The van der Waals surface area contributed by atoms with Crippen molar-refractivity contribution >= 4 is 11.8 Å². The van der Waals surface area contributed by atoms with Crippen molar-refractivity contribution in [1.29, 1.82) is 0 Å². The Morgan fingerprint density at radius 3 is 2.88 bits per heavy atom. The molecule has 0 saturated heterocycles. The van der Waals surface area contributed by atoms with Crippen LogP contribution in [-0.4, -0.2) is 36.3 Å². The largest absolute Gasteiger partial charge is 0.383 e. The summed E-state index contributed by atoms with van der Waals surface area (Å²) in [5.41, 5.74) is 2.30. The van der Waals surface area contributed by atoms with Crippen LogP contribution in [0, 0.1) is 5.82 Å². The SMILES string of the molecule is CCN(c1nc(NN)ncc1F)C(C)COC. The Morgan fingerprint density at radius 1 is 1.65 bits per heavy atom. The standard InChI is InChI=1S/C10H18FN5O/c1-4-16(7(2)6-17-3)9-8(11)5-13-10(14-9)15-12/h5,7H,4,6,12H2,1-3H3,(H,13,14,15). The minimum absolute atomic E-state index is 0.0139. The minimum Gasteiger partial charge on any atom is -0.383 e. The van der Waals surface area contributed by atoms with Gasteiger partial charge in [0.1, 0.15) is 0 Å². The Hall–Kier alpha value is -1.47. The number of methoxy groups -OCH3 is 1. The molecular formula is C10H18FN5O. The number of aromatic nitrogens is 2. The van der Waals surface area contributed by atoms with E-state index in [1.807, 2.05) is 13.8 Å². The molecule has 0 aromatic carbocycles. The van der Waals surface area contributed by atoms with Crippen LogP contribution < -0.4 is 16.2 Å². The Bertz CT molecular complexity index is 363. The first-order valence-electron chi connectivity index (χ1n) is 5.38. The van der Waals surface area contributed by atoms with E-state index in [4.69, 9.17) is 10.6 Å². The molecule has 1 rings (SSSR count). The van der Waals surface area contributed by atoms with Crippen molar-refractivity contribution in [2.75, 3.05) is 30.6 Å². The molecule has 0 aliphatic carbocycles. The van der Waals surface area contributed by atoms with E-state index in [2.05, 4.69) is 15.4 Å². The summed E-state index contributed by atoms with van der Waals surface area (Å²) in [6.07, 6.45) is 1.10. The van der Waals surface area contributed by atoms with Gasteiger partial charge in [-0.3, -0.25) is 5.43 Å². The van der Waals surface area contributed by atoms with Crippen LogP contribution in [0.5, 0.6) is 0 Å². The van der Waals surface area contributed by atoms with Crippen molar-refractivity contribution < 1.29 is 9.13 Å². The zero-order valence-corrected chi connectivity index (χ0v) is 10.3. The molecule has 1 atom stereocenters. The fraction of sp³-hybridized carbons (Fsp3) is 0.600. The third-order valence-corrected chi connectivity index (χ3v) is 2.41. The normalized spacial score (nSPS) is 12.3. The smallest absolute Gasteiger partial charge is 0.239 e. The fourth-order valence-electron chi connectivity index (χ4n) is 1.63. The summed E-state index contributed by atoms with van der Waals surface area (Å²) in [6, 6.07) is 0.0139. The lowest BCUT2D eigenvalue weighted by Crippen LogP contribution is -2.37. The predicted molar refractivity (Wildman–Crippen MR) is 64.2 cm³/mol. The fourth-order valence-corrected chi connectivity index (χ4v) is 1.63. The highest BCUT2D eigenvalue weighted by molar-refractivity contribution is 5.44. The maximum absolute atomic E-state index is 13.7. The molecule has 0 aliphatic rings. The molecule has 3 N–H and O–H groups in total. The molecule has 1 heterocycles. The van der Waals surface area contributed by atoms with Gasteiger partial charge in [0.2, 0.25) is 5.95 Å². The van der Waals surface area contributed by atoms with Crippen LogP contribution in [0.4, 0.5) is 16.2 Å². The first-order chi connectivity index (χ1) is 8.13. The summed E-state index contributed by atoms with van der Waals surface area (Å²) >= 11 is 0. The van der Waals surface area contributed by atoms with Gasteiger partial charge in [0.15, 0.2) is 11.6 Å². The van der Waals surface area contributed by atoms with Crippen LogP contribution in [0.3, 0.4) is 0 Å². The molecule has 0 fully saturated rings. The van der Waals surface area contributed by atoms with Gasteiger partial charge in [-0.15, -0.1) is 0 Å². The molecule has 0 aliphatic heterocycles. The van der Waals surface area contributed by atoms with Gasteiger partial charge in [-0.05, 0) is 13.8 Å². The maximum atomic E-state index is 13.7. The molecule has 0 spiro atoms. The molecule has 0 saturated carbocycles. The van der Waals surface area contributed by atoms with E-state index in [0.29, 0.717) is 13.2 Å². The number of halogens is 1. The second-order valence-electron chi connectivity index (χ2n) is 3.60. The maximum Gasteiger partial charge on any atom is 0.239 e. The van der Waals surface area contributed by atoms with E-state index < -0.39 is 5.82 Å². The lowest BCUT2D eigenvalue weighted by molar-refractivity contribution is 0.181. The number of hydrogen-bond acceptors (Lipinski definition) is 6. The summed E-state index contributed by atoms with van der Waals surface area (Å²) in [4.78, 5) is 9.51. The molecule has 0 amide bonds. The molecule has 96 valence electrons. The monoisotopic (exact) mass is 243 g/mol. The molecule has 1 aromatic heterocycles. The van der Waals surface area contributed by atoms with Gasteiger partial charge in [0.05, 0.1) is 18.8 Å². The first kappa shape index (κ1) is 13.6. The highest BCUT2D eigenvalue weighted by atomic mass is 19.1. The molecule has 0 radical (unpaired) electrons. The number of hydrogen-bond donors (Lipinski definition) is 2. The van der Waals surface area contributed by atoms with Gasteiger partial charge in [-0.25, -0.2) is 15.2 Å². The summed E-state index contributed by atoms with van der Waals surface area (Å²) < 4.78 is 18.7. The number of nitrogens with two attached hydrogens (primary N) is 1. The first-order valence-corrected chi connectivity index (χ1v) is 5.38. The molecule has 7 heteroatoms. The van der Waals surface area contributed by atoms with Gasteiger partial charge in [0.25, 0.3) is 0 Å². The van der Waals surface area contributed by atoms with Crippen molar-refractivity contribution in [2.45, 2.75) is 19.9 Å². The van der Waals surface area contributed by atoms with Crippen LogP contribution >= 0.6 is 0 Å². The summed E-state index contributed by atoms with van der Waals surface area (Å²) in [5.74, 6) is 5.13. The van der Waals surface area contributed by atoms with Gasteiger partial charge in [-0.1, -0.05) is 0 Å². The lowest BCUT2D eigenvalue weighted by atomic mass is 10.3. The number of anilines is 2. The summed E-state index contributed by atoms with van der Waals surface area (Å²) in [7, 11) is 1.60. The number of nitrogen functional groups attached to an aromatic ring is 1. The third kappa shape index (κ3) is 3.24. The van der Waals surface area contributed by atoms with E-state index >= 15 is 0 Å².